The Hall–Kier alpha value is -1.12. The number of ether oxygens (including phenoxy) is 1. The zero-order valence-corrected chi connectivity index (χ0v) is 12.3. The van der Waals surface area contributed by atoms with Crippen molar-refractivity contribution in [3.8, 4) is 5.75 Å². The molecule has 0 unspecified atom stereocenters. The van der Waals surface area contributed by atoms with E-state index in [1.807, 2.05) is 0 Å². The maximum absolute atomic E-state index is 5.10. The smallest absolute Gasteiger partial charge is 0.155 e. The topological polar surface area (TPSA) is 35.0 Å². The summed E-state index contributed by atoms with van der Waals surface area (Å²) in [6.07, 6.45) is 14.3. The second-order valence-corrected chi connectivity index (χ2v) is 5.69. The van der Waals surface area contributed by atoms with Crippen LogP contribution in [0.25, 0.3) is 0 Å². The van der Waals surface area contributed by atoms with Gasteiger partial charge in [-0.15, -0.1) is 0 Å². The molecule has 106 valence electrons. The van der Waals surface area contributed by atoms with E-state index in [-0.39, 0.29) is 0 Å². The lowest BCUT2D eigenvalue weighted by molar-refractivity contribution is 0.296. The number of rotatable bonds is 6. The van der Waals surface area contributed by atoms with Gasteiger partial charge in [-0.25, -0.2) is 9.97 Å². The molecule has 3 nitrogen and oxygen atoms in total. The second kappa shape index (κ2) is 7.46. The highest BCUT2D eigenvalue weighted by Crippen LogP contribution is 2.36. The number of hydrogen-bond donors (Lipinski definition) is 0. The van der Waals surface area contributed by atoms with Gasteiger partial charge in [0.2, 0.25) is 0 Å². The fraction of sp³-hybridized carbons (Fsp3) is 0.750. The number of nitrogens with zero attached hydrogens (tertiary/aromatic N) is 2. The molecular weight excluding hydrogens is 236 g/mol. The summed E-state index contributed by atoms with van der Waals surface area (Å²) in [4.78, 5) is 8.88. The first-order valence-corrected chi connectivity index (χ1v) is 7.69. The largest absolute Gasteiger partial charge is 0.494 e. The third kappa shape index (κ3) is 4.19. The van der Waals surface area contributed by atoms with E-state index < -0.39 is 0 Å². The molecule has 2 rings (SSSR count). The van der Waals surface area contributed by atoms with Gasteiger partial charge in [-0.05, 0) is 31.6 Å². The molecule has 0 spiro atoms. The monoisotopic (exact) mass is 262 g/mol. The van der Waals surface area contributed by atoms with Gasteiger partial charge in [0.1, 0.15) is 5.82 Å². The molecular formula is C16H26N2O. The van der Waals surface area contributed by atoms with Gasteiger partial charge in [0.05, 0.1) is 19.5 Å². The van der Waals surface area contributed by atoms with Crippen LogP contribution in [0.1, 0.15) is 70.0 Å². The van der Waals surface area contributed by atoms with Gasteiger partial charge in [-0.3, -0.25) is 0 Å². The summed E-state index contributed by atoms with van der Waals surface area (Å²) in [7, 11) is 1.65. The molecule has 19 heavy (non-hydrogen) atoms. The minimum absolute atomic E-state index is 0.563. The third-order valence-corrected chi connectivity index (χ3v) is 4.31. The molecule has 1 aliphatic carbocycles. The van der Waals surface area contributed by atoms with Crippen LogP contribution in [0, 0.1) is 5.92 Å². The molecule has 1 fully saturated rings. The van der Waals surface area contributed by atoms with Crippen LogP contribution in [0.2, 0.25) is 0 Å². The van der Waals surface area contributed by atoms with Crippen LogP contribution in [-0.4, -0.2) is 17.1 Å². The van der Waals surface area contributed by atoms with Gasteiger partial charge in [0, 0.05) is 5.92 Å². The van der Waals surface area contributed by atoms with Crippen LogP contribution in [0.4, 0.5) is 0 Å². The fourth-order valence-electron chi connectivity index (χ4n) is 3.03. The van der Waals surface area contributed by atoms with Crippen LogP contribution in [0.5, 0.6) is 5.75 Å². The third-order valence-electron chi connectivity index (χ3n) is 4.31. The minimum atomic E-state index is 0.563. The summed E-state index contributed by atoms with van der Waals surface area (Å²) >= 11 is 0. The molecule has 0 atom stereocenters. The molecule has 1 saturated carbocycles. The summed E-state index contributed by atoms with van der Waals surface area (Å²) in [5.74, 6) is 3.26. The average molecular weight is 262 g/mol. The molecule has 3 heteroatoms. The molecule has 1 aromatic heterocycles. The van der Waals surface area contributed by atoms with E-state index in [1.165, 1.54) is 51.4 Å². The zero-order chi connectivity index (χ0) is 13.5. The number of aromatic nitrogens is 2. The number of hydrogen-bond acceptors (Lipinski definition) is 3. The van der Waals surface area contributed by atoms with Gasteiger partial charge in [-0.1, -0.05) is 32.6 Å². The first-order chi connectivity index (χ1) is 9.33. The number of unbranched alkanes of at least 4 members (excludes halogenated alkanes) is 2. The molecule has 0 radical (unpaired) electrons. The van der Waals surface area contributed by atoms with Crippen LogP contribution in [0.15, 0.2) is 12.4 Å². The first-order valence-electron chi connectivity index (χ1n) is 7.69. The Morgan fingerprint density at radius 2 is 1.79 bits per heavy atom. The fourth-order valence-corrected chi connectivity index (χ4v) is 3.03. The van der Waals surface area contributed by atoms with Crippen LogP contribution >= 0.6 is 0 Å². The van der Waals surface area contributed by atoms with E-state index in [9.17, 15) is 0 Å². The van der Waals surface area contributed by atoms with Crippen LogP contribution in [-0.2, 0) is 0 Å². The molecule has 0 amide bonds. The van der Waals surface area contributed by atoms with Crippen molar-refractivity contribution in [3.05, 3.63) is 18.2 Å². The predicted molar refractivity (Wildman–Crippen MR) is 77.4 cm³/mol. The van der Waals surface area contributed by atoms with Crippen molar-refractivity contribution in [3.63, 3.8) is 0 Å². The summed E-state index contributed by atoms with van der Waals surface area (Å²) in [6.45, 7) is 2.28. The molecule has 1 heterocycles. The number of methoxy groups -OCH3 is 1. The molecule has 0 N–H and O–H groups in total. The zero-order valence-electron chi connectivity index (χ0n) is 12.3. The predicted octanol–water partition coefficient (Wildman–Crippen LogP) is 4.34. The van der Waals surface area contributed by atoms with E-state index >= 15 is 0 Å². The highest BCUT2D eigenvalue weighted by Gasteiger charge is 2.23. The average Bonchev–Trinajstić information content (AvgIpc) is 2.48. The lowest BCUT2D eigenvalue weighted by atomic mass is 9.79. The van der Waals surface area contributed by atoms with Crippen LogP contribution in [0.3, 0.4) is 0 Å². The molecule has 1 aliphatic rings. The summed E-state index contributed by atoms with van der Waals surface area (Å²) in [5, 5.41) is 0. The van der Waals surface area contributed by atoms with Crippen molar-refractivity contribution in [2.24, 2.45) is 5.92 Å². The molecule has 0 bridgehead atoms. The van der Waals surface area contributed by atoms with E-state index in [0.29, 0.717) is 5.92 Å². The van der Waals surface area contributed by atoms with E-state index in [2.05, 4.69) is 16.9 Å². The lowest BCUT2D eigenvalue weighted by Crippen LogP contribution is -2.15. The standard InChI is InChI=1S/C16H26N2O/c1-3-4-5-6-13-7-9-14(10-8-13)16-17-11-15(19-2)12-18-16/h11-14H,3-10H2,1-2H3. The van der Waals surface area contributed by atoms with Crippen molar-refractivity contribution < 1.29 is 4.74 Å². The summed E-state index contributed by atoms with van der Waals surface area (Å²) in [6, 6.07) is 0. The van der Waals surface area contributed by atoms with Crippen molar-refractivity contribution in [2.75, 3.05) is 7.11 Å². The Bertz CT molecular complexity index is 356. The van der Waals surface area contributed by atoms with E-state index in [1.54, 1.807) is 19.5 Å². The Morgan fingerprint density at radius 1 is 1.11 bits per heavy atom. The molecule has 0 aliphatic heterocycles. The van der Waals surface area contributed by atoms with E-state index in [0.717, 1.165) is 17.5 Å². The Labute approximate surface area is 116 Å². The van der Waals surface area contributed by atoms with Gasteiger partial charge in [0.15, 0.2) is 5.75 Å². The SMILES string of the molecule is CCCCCC1CCC(c2ncc(OC)cn2)CC1. The summed E-state index contributed by atoms with van der Waals surface area (Å²) in [5.41, 5.74) is 0. The van der Waals surface area contributed by atoms with E-state index in [4.69, 9.17) is 4.74 Å². The van der Waals surface area contributed by atoms with Crippen molar-refractivity contribution in [2.45, 2.75) is 64.2 Å². The first kappa shape index (κ1) is 14.3. The Kier molecular flexibility index (Phi) is 5.62. The van der Waals surface area contributed by atoms with Crippen molar-refractivity contribution in [1.29, 1.82) is 0 Å². The van der Waals surface area contributed by atoms with Gasteiger partial charge >= 0.3 is 0 Å². The Balaban J connectivity index is 1.78. The quantitative estimate of drug-likeness (QED) is 0.715. The van der Waals surface area contributed by atoms with Crippen molar-refractivity contribution >= 4 is 0 Å². The molecule has 0 aromatic carbocycles. The maximum Gasteiger partial charge on any atom is 0.155 e. The van der Waals surface area contributed by atoms with Gasteiger partial charge < -0.3 is 4.74 Å². The lowest BCUT2D eigenvalue weighted by Gasteiger charge is -2.27. The second-order valence-electron chi connectivity index (χ2n) is 5.69. The molecule has 1 aromatic rings. The molecule has 0 saturated heterocycles. The highest BCUT2D eigenvalue weighted by molar-refractivity contribution is 5.13. The maximum atomic E-state index is 5.10. The Morgan fingerprint density at radius 3 is 2.37 bits per heavy atom. The van der Waals surface area contributed by atoms with Gasteiger partial charge in [-0.2, -0.15) is 0 Å². The van der Waals surface area contributed by atoms with Gasteiger partial charge in [0.25, 0.3) is 0 Å². The summed E-state index contributed by atoms with van der Waals surface area (Å²) < 4.78 is 5.10. The van der Waals surface area contributed by atoms with Crippen molar-refractivity contribution in [1.82, 2.24) is 9.97 Å². The highest BCUT2D eigenvalue weighted by atomic mass is 16.5. The normalized spacial score (nSPS) is 23.3. The van der Waals surface area contributed by atoms with Crippen LogP contribution < -0.4 is 4.74 Å². The minimum Gasteiger partial charge on any atom is -0.494 e.